The third-order valence-corrected chi connectivity index (χ3v) is 4.60. The van der Waals surface area contributed by atoms with E-state index in [1.807, 2.05) is 30.3 Å². The van der Waals surface area contributed by atoms with Gasteiger partial charge >= 0.3 is 0 Å². The van der Waals surface area contributed by atoms with Crippen LogP contribution >= 0.6 is 27.5 Å². The zero-order valence-corrected chi connectivity index (χ0v) is 13.4. The zero-order valence-electron chi connectivity index (χ0n) is 11.1. The molecule has 0 aromatic heterocycles. The molecule has 0 atom stereocenters. The molecule has 2 aromatic carbocycles. The molecular weight excluding hydrogens is 343 g/mol. The summed E-state index contributed by atoms with van der Waals surface area (Å²) in [7, 11) is 0. The molecule has 0 aliphatic carbocycles. The lowest BCUT2D eigenvalue weighted by atomic mass is 9.78. The Kier molecular flexibility index (Phi) is 4.31. The molecule has 2 rings (SSSR count). The van der Waals surface area contributed by atoms with E-state index in [0.717, 1.165) is 5.56 Å². The molecular formula is C16H13BrClFO. The van der Waals surface area contributed by atoms with Crippen molar-refractivity contribution in [3.8, 4) is 0 Å². The van der Waals surface area contributed by atoms with Crippen molar-refractivity contribution in [3.63, 3.8) is 0 Å². The van der Waals surface area contributed by atoms with Crippen LogP contribution in [0.1, 0.15) is 29.8 Å². The van der Waals surface area contributed by atoms with E-state index in [0.29, 0.717) is 4.47 Å². The molecule has 0 saturated carbocycles. The average Bonchev–Trinajstić information content (AvgIpc) is 2.45. The number of hydrogen-bond acceptors (Lipinski definition) is 1. The van der Waals surface area contributed by atoms with Crippen molar-refractivity contribution in [2.75, 3.05) is 0 Å². The standard InChI is InChI=1S/C16H13BrClFO/c1-16(2,10-6-4-3-5-7-10)15(20)11-8-9-12(17)13(18)14(11)19/h3-9H,1-2H3. The summed E-state index contributed by atoms with van der Waals surface area (Å²) in [4.78, 5) is 12.6. The third-order valence-electron chi connectivity index (χ3n) is 3.34. The van der Waals surface area contributed by atoms with Gasteiger partial charge in [-0.15, -0.1) is 0 Å². The minimum atomic E-state index is -0.820. The molecule has 0 bridgehead atoms. The van der Waals surface area contributed by atoms with E-state index < -0.39 is 11.2 Å². The summed E-state index contributed by atoms with van der Waals surface area (Å²) in [6.45, 7) is 3.56. The first-order chi connectivity index (χ1) is 9.35. The van der Waals surface area contributed by atoms with E-state index >= 15 is 0 Å². The van der Waals surface area contributed by atoms with Crippen molar-refractivity contribution in [2.45, 2.75) is 19.3 Å². The molecule has 2 aromatic rings. The number of benzene rings is 2. The summed E-state index contributed by atoms with van der Waals surface area (Å²) in [6.07, 6.45) is 0. The van der Waals surface area contributed by atoms with E-state index in [1.165, 1.54) is 6.07 Å². The van der Waals surface area contributed by atoms with Crippen LogP contribution in [0.2, 0.25) is 5.02 Å². The maximum absolute atomic E-state index is 14.2. The Balaban J connectivity index is 2.49. The van der Waals surface area contributed by atoms with Crippen LogP contribution in [0.3, 0.4) is 0 Å². The molecule has 0 fully saturated rings. The lowest BCUT2D eigenvalue weighted by molar-refractivity contribution is 0.0904. The molecule has 0 aliphatic heterocycles. The molecule has 104 valence electrons. The van der Waals surface area contributed by atoms with Crippen LogP contribution in [-0.2, 0) is 5.41 Å². The molecule has 0 spiro atoms. The van der Waals surface area contributed by atoms with Gasteiger partial charge in [0.2, 0.25) is 0 Å². The second kappa shape index (κ2) is 5.66. The summed E-state index contributed by atoms with van der Waals surface area (Å²) in [5.74, 6) is -0.981. The number of Topliss-reactive ketones (excluding diaryl/α,β-unsaturated/α-hetero) is 1. The largest absolute Gasteiger partial charge is 0.293 e. The molecule has 20 heavy (non-hydrogen) atoms. The van der Waals surface area contributed by atoms with Crippen LogP contribution in [0.4, 0.5) is 4.39 Å². The van der Waals surface area contributed by atoms with Gasteiger partial charge in [-0.25, -0.2) is 4.39 Å². The van der Waals surface area contributed by atoms with Gasteiger partial charge in [0, 0.05) is 4.47 Å². The van der Waals surface area contributed by atoms with Gasteiger partial charge in [-0.05, 0) is 47.5 Å². The summed E-state index contributed by atoms with van der Waals surface area (Å²) < 4.78 is 14.6. The van der Waals surface area contributed by atoms with E-state index in [-0.39, 0.29) is 16.4 Å². The van der Waals surface area contributed by atoms with Gasteiger partial charge in [0.1, 0.15) is 0 Å². The number of carbonyl (C=O) groups excluding carboxylic acids is 1. The fraction of sp³-hybridized carbons (Fsp3) is 0.188. The molecule has 0 radical (unpaired) electrons. The van der Waals surface area contributed by atoms with E-state index in [9.17, 15) is 9.18 Å². The predicted molar refractivity (Wildman–Crippen MR) is 82.9 cm³/mol. The summed E-state index contributed by atoms with van der Waals surface area (Å²) >= 11 is 8.99. The molecule has 4 heteroatoms. The molecule has 0 saturated heterocycles. The SMILES string of the molecule is CC(C)(C(=O)c1ccc(Br)c(Cl)c1F)c1ccccc1. The first-order valence-corrected chi connectivity index (χ1v) is 7.26. The van der Waals surface area contributed by atoms with Crippen LogP contribution in [0.5, 0.6) is 0 Å². The minimum Gasteiger partial charge on any atom is -0.293 e. The molecule has 0 unspecified atom stereocenters. The molecule has 0 aliphatic rings. The first kappa shape index (κ1) is 15.2. The first-order valence-electron chi connectivity index (χ1n) is 6.09. The summed E-state index contributed by atoms with van der Waals surface area (Å²) in [5, 5.41) is -0.0697. The number of carbonyl (C=O) groups is 1. The van der Waals surface area contributed by atoms with Crippen LogP contribution in [0.25, 0.3) is 0 Å². The Hall–Kier alpha value is -1.19. The zero-order chi connectivity index (χ0) is 14.9. The van der Waals surface area contributed by atoms with Gasteiger partial charge in [0.25, 0.3) is 0 Å². The highest BCUT2D eigenvalue weighted by molar-refractivity contribution is 9.10. The van der Waals surface area contributed by atoms with E-state index in [2.05, 4.69) is 15.9 Å². The Morgan fingerprint density at radius 2 is 1.75 bits per heavy atom. The van der Waals surface area contributed by atoms with Gasteiger partial charge in [-0.2, -0.15) is 0 Å². The lowest BCUT2D eigenvalue weighted by Gasteiger charge is -2.24. The van der Waals surface area contributed by atoms with Crippen LogP contribution in [-0.4, -0.2) is 5.78 Å². The highest BCUT2D eigenvalue weighted by atomic mass is 79.9. The maximum atomic E-state index is 14.2. The highest BCUT2D eigenvalue weighted by Crippen LogP contribution is 2.33. The fourth-order valence-electron chi connectivity index (χ4n) is 2.02. The van der Waals surface area contributed by atoms with Crippen molar-refractivity contribution in [1.29, 1.82) is 0 Å². The summed E-state index contributed by atoms with van der Waals surface area (Å²) in [6, 6.07) is 12.3. The number of hydrogen-bond donors (Lipinski definition) is 0. The van der Waals surface area contributed by atoms with Crippen molar-refractivity contribution < 1.29 is 9.18 Å². The van der Waals surface area contributed by atoms with Gasteiger partial charge in [-0.3, -0.25) is 4.79 Å². The van der Waals surface area contributed by atoms with Crippen molar-refractivity contribution in [3.05, 3.63) is 68.9 Å². The van der Waals surface area contributed by atoms with E-state index in [1.54, 1.807) is 19.9 Å². The Morgan fingerprint density at radius 3 is 2.35 bits per heavy atom. The van der Waals surface area contributed by atoms with Crippen LogP contribution in [0.15, 0.2) is 46.9 Å². The number of ketones is 1. The molecule has 0 N–H and O–H groups in total. The second-order valence-corrected chi connectivity index (χ2v) is 6.28. The van der Waals surface area contributed by atoms with Crippen LogP contribution in [0, 0.1) is 5.82 Å². The molecule has 0 amide bonds. The minimum absolute atomic E-state index is 0.00653. The van der Waals surface area contributed by atoms with Gasteiger partial charge in [0.05, 0.1) is 16.0 Å². The maximum Gasteiger partial charge on any atom is 0.175 e. The molecule has 0 heterocycles. The summed E-state index contributed by atoms with van der Waals surface area (Å²) in [5.41, 5.74) is 0.0229. The number of halogens is 3. The Labute approximate surface area is 130 Å². The van der Waals surface area contributed by atoms with Crippen LogP contribution < -0.4 is 0 Å². The average molecular weight is 356 g/mol. The smallest absolute Gasteiger partial charge is 0.175 e. The topological polar surface area (TPSA) is 17.1 Å². The second-order valence-electron chi connectivity index (χ2n) is 5.04. The normalized spacial score (nSPS) is 11.4. The highest BCUT2D eigenvalue weighted by Gasteiger charge is 2.32. The van der Waals surface area contributed by atoms with Gasteiger partial charge in [0.15, 0.2) is 11.6 Å². The van der Waals surface area contributed by atoms with Crippen molar-refractivity contribution >= 4 is 33.3 Å². The predicted octanol–water partition coefficient (Wildman–Crippen LogP) is 5.40. The Morgan fingerprint density at radius 1 is 1.15 bits per heavy atom. The molecule has 1 nitrogen and oxygen atoms in total. The number of rotatable bonds is 3. The van der Waals surface area contributed by atoms with Crippen molar-refractivity contribution in [1.82, 2.24) is 0 Å². The van der Waals surface area contributed by atoms with E-state index in [4.69, 9.17) is 11.6 Å². The van der Waals surface area contributed by atoms with Crippen molar-refractivity contribution in [2.24, 2.45) is 0 Å². The Bertz CT molecular complexity index is 653. The fourth-order valence-corrected chi connectivity index (χ4v) is 2.49. The lowest BCUT2D eigenvalue weighted by Crippen LogP contribution is -2.29. The van der Waals surface area contributed by atoms with Gasteiger partial charge < -0.3 is 0 Å². The van der Waals surface area contributed by atoms with Gasteiger partial charge in [-0.1, -0.05) is 41.9 Å². The quantitative estimate of drug-likeness (QED) is 0.532. The third kappa shape index (κ3) is 2.65. The monoisotopic (exact) mass is 354 g/mol.